The predicted octanol–water partition coefficient (Wildman–Crippen LogP) is 6.00. The van der Waals surface area contributed by atoms with Crippen LogP contribution in [0, 0.1) is 10.5 Å². The summed E-state index contributed by atoms with van der Waals surface area (Å²) < 4.78 is 18.0. The summed E-state index contributed by atoms with van der Waals surface area (Å²) in [6.07, 6.45) is 1.56. The highest BCUT2D eigenvalue weighted by molar-refractivity contribution is 14.1. The van der Waals surface area contributed by atoms with Gasteiger partial charge in [-0.15, -0.1) is 0 Å². The quantitative estimate of drug-likeness (QED) is 0.192. The van der Waals surface area contributed by atoms with Gasteiger partial charge in [0.2, 0.25) is 0 Å². The number of hydrogen-bond acceptors (Lipinski definition) is 5. The number of rotatable bonds is 9. The summed E-state index contributed by atoms with van der Waals surface area (Å²) in [4.78, 5) is 12.5. The van der Waals surface area contributed by atoms with Crippen LogP contribution in [0.5, 0.6) is 17.2 Å². The molecule has 0 aromatic heterocycles. The topological polar surface area (TPSA) is 69.2 Å². The van der Waals surface area contributed by atoms with Crippen molar-refractivity contribution in [1.29, 1.82) is 0 Å². The number of methoxy groups -OCH3 is 1. The van der Waals surface area contributed by atoms with E-state index in [0.29, 0.717) is 41.0 Å². The number of nitrogens with one attached hydrogen (secondary N) is 1. The van der Waals surface area contributed by atoms with Crippen LogP contribution >= 0.6 is 34.2 Å². The minimum absolute atomic E-state index is 0.317. The van der Waals surface area contributed by atoms with E-state index in [2.05, 4.69) is 33.1 Å². The van der Waals surface area contributed by atoms with Gasteiger partial charge in [0.1, 0.15) is 12.4 Å². The molecule has 0 aliphatic carbocycles. The van der Waals surface area contributed by atoms with Gasteiger partial charge in [-0.25, -0.2) is 5.43 Å². The maximum atomic E-state index is 12.5. The van der Waals surface area contributed by atoms with E-state index in [1.807, 2.05) is 56.3 Å². The number of hydrogen-bond donors (Lipinski definition) is 1. The molecule has 0 radical (unpaired) electrons. The number of amides is 1. The van der Waals surface area contributed by atoms with Crippen LogP contribution in [0.2, 0.25) is 5.02 Å². The molecule has 0 saturated carbocycles. The van der Waals surface area contributed by atoms with Crippen molar-refractivity contribution in [3.8, 4) is 17.2 Å². The summed E-state index contributed by atoms with van der Waals surface area (Å²) in [7, 11) is 1.53. The first kappa shape index (κ1) is 24.9. The van der Waals surface area contributed by atoms with Crippen molar-refractivity contribution in [2.24, 2.45) is 5.10 Å². The van der Waals surface area contributed by atoms with Gasteiger partial charge in [0.05, 0.1) is 29.1 Å². The second kappa shape index (κ2) is 11.9. The van der Waals surface area contributed by atoms with Crippen molar-refractivity contribution >= 4 is 46.3 Å². The lowest BCUT2D eigenvalue weighted by Crippen LogP contribution is -2.18. The second-order valence-corrected chi connectivity index (χ2v) is 8.62. The first-order chi connectivity index (χ1) is 15.9. The predicted molar refractivity (Wildman–Crippen MR) is 139 cm³/mol. The van der Waals surface area contributed by atoms with Crippen molar-refractivity contribution in [2.45, 2.75) is 20.5 Å². The Bertz CT molecular complexity index is 1170. The zero-order chi connectivity index (χ0) is 23.8. The molecular formula is C25H24ClIN2O4. The third kappa shape index (κ3) is 6.61. The van der Waals surface area contributed by atoms with Crippen molar-refractivity contribution in [3.05, 3.63) is 85.4 Å². The Kier molecular flexibility index (Phi) is 8.96. The SMILES string of the molecule is CCOc1cc(/C=N\NC(=O)c2ccc(C)cc2OC)cc(I)c1OCc1ccccc1Cl. The van der Waals surface area contributed by atoms with Gasteiger partial charge in [0, 0.05) is 10.6 Å². The highest BCUT2D eigenvalue weighted by Crippen LogP contribution is 2.35. The Hall–Kier alpha value is -2.78. The van der Waals surface area contributed by atoms with E-state index in [1.54, 1.807) is 18.3 Å². The first-order valence-corrected chi connectivity index (χ1v) is 11.7. The molecule has 0 heterocycles. The highest BCUT2D eigenvalue weighted by atomic mass is 127. The van der Waals surface area contributed by atoms with E-state index in [-0.39, 0.29) is 5.91 Å². The van der Waals surface area contributed by atoms with Crippen LogP contribution in [0.15, 0.2) is 59.7 Å². The number of carbonyl (C=O) groups is 1. The first-order valence-electron chi connectivity index (χ1n) is 10.2. The summed E-state index contributed by atoms with van der Waals surface area (Å²) in [6.45, 7) is 4.63. The zero-order valence-electron chi connectivity index (χ0n) is 18.5. The van der Waals surface area contributed by atoms with Gasteiger partial charge < -0.3 is 14.2 Å². The van der Waals surface area contributed by atoms with Gasteiger partial charge in [0.15, 0.2) is 11.5 Å². The van der Waals surface area contributed by atoms with E-state index < -0.39 is 0 Å². The summed E-state index contributed by atoms with van der Waals surface area (Å²) in [5.41, 5.74) is 5.59. The van der Waals surface area contributed by atoms with E-state index >= 15 is 0 Å². The van der Waals surface area contributed by atoms with Gasteiger partial charge in [0.25, 0.3) is 5.91 Å². The number of ether oxygens (including phenoxy) is 3. The molecule has 3 rings (SSSR count). The Labute approximate surface area is 212 Å². The lowest BCUT2D eigenvalue weighted by atomic mass is 10.1. The molecule has 0 atom stereocenters. The molecule has 33 heavy (non-hydrogen) atoms. The van der Waals surface area contributed by atoms with E-state index in [0.717, 1.165) is 20.3 Å². The van der Waals surface area contributed by atoms with Crippen LogP contribution in [0.3, 0.4) is 0 Å². The molecule has 0 saturated heterocycles. The van der Waals surface area contributed by atoms with Crippen molar-refractivity contribution in [1.82, 2.24) is 5.43 Å². The normalized spacial score (nSPS) is 10.8. The van der Waals surface area contributed by atoms with Crippen molar-refractivity contribution in [2.75, 3.05) is 13.7 Å². The molecule has 8 heteroatoms. The Morgan fingerprint density at radius 1 is 1.12 bits per heavy atom. The van der Waals surface area contributed by atoms with Gasteiger partial charge in [-0.05, 0) is 77.9 Å². The molecule has 0 spiro atoms. The highest BCUT2D eigenvalue weighted by Gasteiger charge is 2.14. The monoisotopic (exact) mass is 578 g/mol. The minimum atomic E-state index is -0.359. The average Bonchev–Trinajstić information content (AvgIpc) is 2.79. The van der Waals surface area contributed by atoms with Gasteiger partial charge in [-0.1, -0.05) is 35.9 Å². The molecule has 3 aromatic carbocycles. The average molecular weight is 579 g/mol. The fourth-order valence-electron chi connectivity index (χ4n) is 3.04. The lowest BCUT2D eigenvalue weighted by Gasteiger charge is -2.15. The second-order valence-electron chi connectivity index (χ2n) is 7.05. The molecule has 0 unspecified atom stereocenters. The molecular weight excluding hydrogens is 555 g/mol. The molecule has 1 amide bonds. The molecule has 172 valence electrons. The van der Waals surface area contributed by atoms with Crippen LogP contribution in [-0.4, -0.2) is 25.8 Å². The fourth-order valence-corrected chi connectivity index (χ4v) is 4.01. The Morgan fingerprint density at radius 3 is 2.64 bits per heavy atom. The standard InChI is InChI=1S/C25H24ClIN2O4/c1-4-32-23-13-17(12-21(27)24(23)33-15-18-7-5-6-8-20(18)26)14-28-29-25(30)19-10-9-16(2)11-22(19)31-3/h5-14H,4,15H2,1-3H3,(H,29,30)/b28-14-. The summed E-state index contributed by atoms with van der Waals surface area (Å²) in [6, 6.07) is 16.6. The van der Waals surface area contributed by atoms with Crippen molar-refractivity contribution < 1.29 is 19.0 Å². The molecule has 0 fully saturated rings. The number of benzene rings is 3. The van der Waals surface area contributed by atoms with Crippen LogP contribution in [-0.2, 0) is 6.61 Å². The maximum absolute atomic E-state index is 12.5. The third-order valence-corrected chi connectivity index (χ3v) is 5.81. The zero-order valence-corrected chi connectivity index (χ0v) is 21.4. The van der Waals surface area contributed by atoms with E-state index in [4.69, 9.17) is 25.8 Å². The summed E-state index contributed by atoms with van der Waals surface area (Å²) in [5, 5.41) is 4.74. The number of aryl methyl sites for hydroxylation is 1. The van der Waals surface area contributed by atoms with Gasteiger partial charge in [-0.3, -0.25) is 4.79 Å². The minimum Gasteiger partial charge on any atom is -0.496 e. The molecule has 6 nitrogen and oxygen atoms in total. The smallest absolute Gasteiger partial charge is 0.275 e. The number of hydrazone groups is 1. The third-order valence-electron chi connectivity index (χ3n) is 4.64. The van der Waals surface area contributed by atoms with E-state index in [1.165, 1.54) is 7.11 Å². The molecule has 0 bridgehead atoms. The fraction of sp³-hybridized carbons (Fsp3) is 0.200. The van der Waals surface area contributed by atoms with Crippen LogP contribution < -0.4 is 19.6 Å². The molecule has 1 N–H and O–H groups in total. The Morgan fingerprint density at radius 2 is 1.91 bits per heavy atom. The summed E-state index contributed by atoms with van der Waals surface area (Å²) >= 11 is 8.42. The Balaban J connectivity index is 1.75. The van der Waals surface area contributed by atoms with Gasteiger partial charge in [-0.2, -0.15) is 5.10 Å². The number of nitrogens with zero attached hydrogens (tertiary/aromatic N) is 1. The van der Waals surface area contributed by atoms with E-state index in [9.17, 15) is 4.79 Å². The maximum Gasteiger partial charge on any atom is 0.275 e. The summed E-state index contributed by atoms with van der Waals surface area (Å²) in [5.74, 6) is 1.35. The lowest BCUT2D eigenvalue weighted by molar-refractivity contribution is 0.0952. The molecule has 0 aliphatic heterocycles. The van der Waals surface area contributed by atoms with Crippen molar-refractivity contribution in [3.63, 3.8) is 0 Å². The largest absolute Gasteiger partial charge is 0.496 e. The number of carbonyl (C=O) groups excluding carboxylic acids is 1. The van der Waals surface area contributed by atoms with Crippen LogP contribution in [0.1, 0.15) is 34.0 Å². The molecule has 0 aliphatic rings. The molecule has 3 aromatic rings. The van der Waals surface area contributed by atoms with Crippen LogP contribution in [0.25, 0.3) is 0 Å². The van der Waals surface area contributed by atoms with Crippen LogP contribution in [0.4, 0.5) is 0 Å². The number of halogens is 2. The van der Waals surface area contributed by atoms with Gasteiger partial charge >= 0.3 is 0 Å².